The number of nitrogens with zero attached hydrogens (tertiary/aromatic N) is 2. The summed E-state index contributed by atoms with van der Waals surface area (Å²) < 4.78 is 11.1. The van der Waals surface area contributed by atoms with Gasteiger partial charge >= 0.3 is 0 Å². The second-order valence-electron chi connectivity index (χ2n) is 6.06. The van der Waals surface area contributed by atoms with E-state index in [4.69, 9.17) is 21.4 Å². The van der Waals surface area contributed by atoms with E-state index < -0.39 is 0 Å². The standard InChI is InChI=1S/C19H25N3O2S/c1-2-23-18-9-4-3-8-17(18)20-19(25)22-11-6-10-21(12-13-22)15-16-7-5-14-24-16/h3-5,7-9,14H,2,6,10-13,15H2,1H3,(H,20,25). The van der Waals surface area contributed by atoms with Crippen molar-refractivity contribution in [1.82, 2.24) is 9.80 Å². The highest BCUT2D eigenvalue weighted by molar-refractivity contribution is 7.80. The number of hydrogen-bond acceptors (Lipinski definition) is 4. The van der Waals surface area contributed by atoms with Crippen molar-refractivity contribution in [1.29, 1.82) is 0 Å². The number of furan rings is 1. The van der Waals surface area contributed by atoms with Gasteiger partial charge in [0.15, 0.2) is 5.11 Å². The van der Waals surface area contributed by atoms with Crippen molar-refractivity contribution in [2.24, 2.45) is 0 Å². The van der Waals surface area contributed by atoms with Crippen molar-refractivity contribution in [2.75, 3.05) is 38.1 Å². The summed E-state index contributed by atoms with van der Waals surface area (Å²) in [6.45, 7) is 7.36. The van der Waals surface area contributed by atoms with Gasteiger partial charge in [0.1, 0.15) is 11.5 Å². The summed E-state index contributed by atoms with van der Waals surface area (Å²) in [4.78, 5) is 4.65. The summed E-state index contributed by atoms with van der Waals surface area (Å²) in [6, 6.07) is 11.9. The van der Waals surface area contributed by atoms with E-state index in [2.05, 4.69) is 15.1 Å². The van der Waals surface area contributed by atoms with Crippen LogP contribution in [0, 0.1) is 0 Å². The van der Waals surface area contributed by atoms with Gasteiger partial charge in [-0.15, -0.1) is 0 Å². The van der Waals surface area contributed by atoms with Crippen molar-refractivity contribution in [2.45, 2.75) is 19.9 Å². The fourth-order valence-corrected chi connectivity index (χ4v) is 3.29. The molecule has 0 saturated carbocycles. The molecule has 1 aromatic carbocycles. The van der Waals surface area contributed by atoms with Gasteiger partial charge in [-0.3, -0.25) is 4.90 Å². The average Bonchev–Trinajstić information content (AvgIpc) is 3.01. The first-order valence-corrected chi connectivity index (χ1v) is 9.19. The minimum absolute atomic E-state index is 0.636. The third-order valence-corrected chi connectivity index (χ3v) is 4.62. The first-order valence-electron chi connectivity index (χ1n) is 8.78. The number of nitrogens with one attached hydrogen (secondary N) is 1. The molecule has 0 radical (unpaired) electrons. The van der Waals surface area contributed by atoms with Gasteiger partial charge in [-0.2, -0.15) is 0 Å². The Kier molecular flexibility index (Phi) is 6.30. The van der Waals surface area contributed by atoms with Crippen molar-refractivity contribution in [3.05, 3.63) is 48.4 Å². The predicted octanol–water partition coefficient (Wildman–Crippen LogP) is 3.58. The topological polar surface area (TPSA) is 40.9 Å². The Morgan fingerprint density at radius 2 is 2.04 bits per heavy atom. The molecule has 134 valence electrons. The Balaban J connectivity index is 1.56. The van der Waals surface area contributed by atoms with Gasteiger partial charge in [-0.1, -0.05) is 12.1 Å². The second-order valence-corrected chi connectivity index (χ2v) is 6.44. The van der Waals surface area contributed by atoms with Gasteiger partial charge in [0.25, 0.3) is 0 Å². The molecule has 25 heavy (non-hydrogen) atoms. The van der Waals surface area contributed by atoms with E-state index in [-0.39, 0.29) is 0 Å². The minimum atomic E-state index is 0.636. The Morgan fingerprint density at radius 1 is 1.16 bits per heavy atom. The molecule has 0 amide bonds. The van der Waals surface area contributed by atoms with E-state index in [0.29, 0.717) is 6.61 Å². The van der Waals surface area contributed by atoms with Crippen LogP contribution in [0.4, 0.5) is 5.69 Å². The number of para-hydroxylation sites is 2. The summed E-state index contributed by atoms with van der Waals surface area (Å²) in [5.74, 6) is 1.85. The Morgan fingerprint density at radius 3 is 2.84 bits per heavy atom. The third-order valence-electron chi connectivity index (χ3n) is 4.26. The molecule has 1 fully saturated rings. The highest BCUT2D eigenvalue weighted by Crippen LogP contribution is 2.24. The van der Waals surface area contributed by atoms with Crippen LogP contribution in [0.5, 0.6) is 5.75 Å². The normalized spacial score (nSPS) is 15.6. The van der Waals surface area contributed by atoms with Gasteiger partial charge in [-0.05, 0) is 49.8 Å². The molecule has 0 atom stereocenters. The lowest BCUT2D eigenvalue weighted by Gasteiger charge is -2.25. The number of rotatable bonds is 5. The Bertz CT molecular complexity index is 675. The van der Waals surface area contributed by atoms with Crippen LogP contribution in [0.25, 0.3) is 0 Å². The molecule has 1 aliphatic heterocycles. The van der Waals surface area contributed by atoms with Crippen molar-refractivity contribution in [3.8, 4) is 5.75 Å². The second kappa shape index (κ2) is 8.87. The molecular formula is C19H25N3O2S. The van der Waals surface area contributed by atoms with E-state index in [0.717, 1.165) is 61.5 Å². The lowest BCUT2D eigenvalue weighted by molar-refractivity contribution is 0.255. The van der Waals surface area contributed by atoms with Crippen LogP contribution in [0.1, 0.15) is 19.1 Å². The van der Waals surface area contributed by atoms with E-state index in [1.165, 1.54) is 0 Å². The van der Waals surface area contributed by atoms with Crippen LogP contribution in [0.2, 0.25) is 0 Å². The third kappa shape index (κ3) is 4.96. The largest absolute Gasteiger partial charge is 0.492 e. The van der Waals surface area contributed by atoms with Gasteiger partial charge in [0, 0.05) is 26.2 Å². The number of anilines is 1. The quantitative estimate of drug-likeness (QED) is 0.823. The molecule has 1 N–H and O–H groups in total. The number of hydrogen-bond donors (Lipinski definition) is 1. The summed E-state index contributed by atoms with van der Waals surface area (Å²) in [7, 11) is 0. The SMILES string of the molecule is CCOc1ccccc1NC(=S)N1CCCN(Cc2ccco2)CC1. The molecule has 1 aliphatic rings. The first-order chi connectivity index (χ1) is 12.3. The van der Waals surface area contributed by atoms with Gasteiger partial charge in [0.2, 0.25) is 0 Å². The van der Waals surface area contributed by atoms with Crippen LogP contribution in [0.3, 0.4) is 0 Å². The lowest BCUT2D eigenvalue weighted by atomic mass is 10.3. The fourth-order valence-electron chi connectivity index (χ4n) is 3.00. The van der Waals surface area contributed by atoms with E-state index in [1.807, 2.05) is 43.3 Å². The van der Waals surface area contributed by atoms with Gasteiger partial charge in [0.05, 0.1) is 25.1 Å². The Labute approximate surface area is 154 Å². The zero-order valence-electron chi connectivity index (χ0n) is 14.6. The van der Waals surface area contributed by atoms with Gasteiger partial charge < -0.3 is 19.4 Å². The number of ether oxygens (including phenoxy) is 1. The zero-order chi connectivity index (χ0) is 17.5. The van der Waals surface area contributed by atoms with Crippen molar-refractivity contribution in [3.63, 3.8) is 0 Å². The van der Waals surface area contributed by atoms with E-state index in [1.54, 1.807) is 6.26 Å². The van der Waals surface area contributed by atoms with Crippen LogP contribution >= 0.6 is 12.2 Å². The molecule has 5 nitrogen and oxygen atoms in total. The maximum absolute atomic E-state index is 5.67. The Hall–Kier alpha value is -2.05. The van der Waals surface area contributed by atoms with Crippen LogP contribution in [-0.2, 0) is 6.54 Å². The lowest BCUT2D eigenvalue weighted by Crippen LogP contribution is -2.37. The van der Waals surface area contributed by atoms with Crippen LogP contribution < -0.4 is 10.1 Å². The minimum Gasteiger partial charge on any atom is -0.492 e. The van der Waals surface area contributed by atoms with Gasteiger partial charge in [-0.25, -0.2) is 0 Å². The molecule has 0 spiro atoms. The maximum Gasteiger partial charge on any atom is 0.173 e. The smallest absolute Gasteiger partial charge is 0.173 e. The molecule has 2 aromatic rings. The summed E-state index contributed by atoms with van der Waals surface area (Å²) in [5.41, 5.74) is 0.922. The highest BCUT2D eigenvalue weighted by Gasteiger charge is 2.18. The molecule has 0 aliphatic carbocycles. The van der Waals surface area contributed by atoms with Crippen LogP contribution in [0.15, 0.2) is 47.1 Å². The fraction of sp³-hybridized carbons (Fsp3) is 0.421. The predicted molar refractivity (Wildman–Crippen MR) is 104 cm³/mol. The monoisotopic (exact) mass is 359 g/mol. The summed E-state index contributed by atoms with van der Waals surface area (Å²) in [5, 5.41) is 4.11. The first kappa shape index (κ1) is 17.8. The van der Waals surface area contributed by atoms with E-state index >= 15 is 0 Å². The number of thiocarbonyl (C=S) groups is 1. The molecule has 3 rings (SSSR count). The van der Waals surface area contributed by atoms with Crippen LogP contribution in [-0.4, -0.2) is 47.7 Å². The molecule has 6 heteroatoms. The molecule has 1 aromatic heterocycles. The number of benzene rings is 1. The van der Waals surface area contributed by atoms with Crippen molar-refractivity contribution >= 4 is 23.0 Å². The molecule has 1 saturated heterocycles. The molecule has 2 heterocycles. The maximum atomic E-state index is 5.67. The summed E-state index contributed by atoms with van der Waals surface area (Å²) in [6.07, 6.45) is 2.81. The molecular weight excluding hydrogens is 334 g/mol. The van der Waals surface area contributed by atoms with E-state index in [9.17, 15) is 0 Å². The average molecular weight is 359 g/mol. The zero-order valence-corrected chi connectivity index (χ0v) is 15.4. The molecule has 0 unspecified atom stereocenters. The molecule has 0 bridgehead atoms. The highest BCUT2D eigenvalue weighted by atomic mass is 32.1. The summed E-state index contributed by atoms with van der Waals surface area (Å²) >= 11 is 5.64. The van der Waals surface area contributed by atoms with Crippen molar-refractivity contribution < 1.29 is 9.15 Å².